The van der Waals surface area contributed by atoms with Crippen LogP contribution in [0, 0.1) is 0 Å². The summed E-state index contributed by atoms with van der Waals surface area (Å²) in [4.78, 5) is 15.5. The van der Waals surface area contributed by atoms with Crippen LogP contribution in [0.2, 0.25) is 0 Å². The van der Waals surface area contributed by atoms with Gasteiger partial charge in [-0.3, -0.25) is 0 Å². The topological polar surface area (TPSA) is 81.8 Å². The molecule has 0 radical (unpaired) electrons. The molecule has 0 saturated heterocycles. The number of urea groups is 1. The Morgan fingerprint density at radius 1 is 1.15 bits per heavy atom. The fraction of sp³-hybridized carbons (Fsp3) is 0.353. The maximum Gasteiger partial charge on any atom is 0.319 e. The second-order valence-corrected chi connectivity index (χ2v) is 9.28. The summed E-state index contributed by atoms with van der Waals surface area (Å²) in [5.74, 6) is 0. The molecular formula is C17H24N4O3S2. The monoisotopic (exact) mass is 396 g/mol. The Morgan fingerprint density at radius 2 is 1.88 bits per heavy atom. The number of carbonyl (C=O) groups is 1. The Balaban J connectivity index is 2.02. The SMILES string of the molecule is CN(C)[C@H](CNC(=O)Nc1cccc(S(=O)(=O)N(C)C)c1)c1cccs1. The van der Waals surface area contributed by atoms with Crippen LogP contribution in [-0.2, 0) is 10.0 Å². The molecule has 0 spiro atoms. The molecule has 142 valence electrons. The van der Waals surface area contributed by atoms with Crippen LogP contribution >= 0.6 is 11.3 Å². The van der Waals surface area contributed by atoms with E-state index in [-0.39, 0.29) is 17.0 Å². The molecular weight excluding hydrogens is 372 g/mol. The molecule has 1 aromatic heterocycles. The summed E-state index contributed by atoms with van der Waals surface area (Å²) in [5.41, 5.74) is 0.419. The maximum atomic E-state index is 12.2. The highest BCUT2D eigenvalue weighted by molar-refractivity contribution is 7.89. The van der Waals surface area contributed by atoms with Crippen molar-refractivity contribution >= 4 is 33.1 Å². The molecule has 2 N–H and O–H groups in total. The summed E-state index contributed by atoms with van der Waals surface area (Å²) in [5, 5.41) is 7.52. The lowest BCUT2D eigenvalue weighted by molar-refractivity contribution is 0.244. The van der Waals surface area contributed by atoms with E-state index in [0.29, 0.717) is 12.2 Å². The Kier molecular flexibility index (Phi) is 6.76. The summed E-state index contributed by atoms with van der Waals surface area (Å²) in [6.45, 7) is 0.440. The van der Waals surface area contributed by atoms with Crippen molar-refractivity contribution in [1.82, 2.24) is 14.5 Å². The van der Waals surface area contributed by atoms with E-state index < -0.39 is 10.0 Å². The van der Waals surface area contributed by atoms with Gasteiger partial charge in [0, 0.05) is 31.2 Å². The van der Waals surface area contributed by atoms with Crippen LogP contribution in [0.15, 0.2) is 46.7 Å². The average molecular weight is 397 g/mol. The summed E-state index contributed by atoms with van der Waals surface area (Å²) in [6.07, 6.45) is 0. The standard InChI is InChI=1S/C17H24N4O3S2/c1-20(2)15(16-9-6-10-25-16)12-18-17(22)19-13-7-5-8-14(11-13)26(23,24)21(3)4/h5-11,15H,12H2,1-4H3,(H2,18,19,22)/t15-/m1/s1. The lowest BCUT2D eigenvalue weighted by atomic mass is 10.2. The number of nitrogens with zero attached hydrogens (tertiary/aromatic N) is 2. The van der Waals surface area contributed by atoms with E-state index in [1.54, 1.807) is 23.5 Å². The second-order valence-electron chi connectivity index (χ2n) is 6.15. The number of benzene rings is 1. The number of anilines is 1. The third-order valence-electron chi connectivity index (χ3n) is 3.82. The fourth-order valence-electron chi connectivity index (χ4n) is 2.33. The molecule has 2 amide bonds. The van der Waals surface area contributed by atoms with Crippen molar-refractivity contribution in [2.75, 3.05) is 40.1 Å². The van der Waals surface area contributed by atoms with E-state index in [2.05, 4.69) is 10.6 Å². The van der Waals surface area contributed by atoms with Gasteiger partial charge in [0.25, 0.3) is 0 Å². The summed E-state index contributed by atoms with van der Waals surface area (Å²) < 4.78 is 25.5. The molecule has 0 aliphatic heterocycles. The second kappa shape index (κ2) is 8.63. The summed E-state index contributed by atoms with van der Waals surface area (Å²) in [6, 6.07) is 9.89. The maximum absolute atomic E-state index is 12.2. The number of carbonyl (C=O) groups excluding carboxylic acids is 1. The van der Waals surface area contributed by atoms with Crippen LogP contribution in [-0.4, -0.2) is 58.4 Å². The molecule has 9 heteroatoms. The molecule has 0 aliphatic rings. The summed E-state index contributed by atoms with van der Waals surface area (Å²) in [7, 11) is 3.30. The highest BCUT2D eigenvalue weighted by Gasteiger charge is 2.18. The molecule has 1 aromatic carbocycles. The van der Waals surface area contributed by atoms with E-state index >= 15 is 0 Å². The highest BCUT2D eigenvalue weighted by atomic mass is 32.2. The van der Waals surface area contributed by atoms with Crippen LogP contribution in [0.5, 0.6) is 0 Å². The third-order valence-corrected chi connectivity index (χ3v) is 6.61. The molecule has 0 fully saturated rings. The minimum atomic E-state index is -3.55. The van der Waals surface area contributed by atoms with Gasteiger partial charge >= 0.3 is 6.03 Å². The number of likely N-dealkylation sites (N-methyl/N-ethyl adjacent to an activating group) is 1. The largest absolute Gasteiger partial charge is 0.336 e. The van der Waals surface area contributed by atoms with Crippen LogP contribution < -0.4 is 10.6 Å². The van der Waals surface area contributed by atoms with Crippen molar-refractivity contribution < 1.29 is 13.2 Å². The number of amides is 2. The van der Waals surface area contributed by atoms with Crippen molar-refractivity contribution in [3.63, 3.8) is 0 Å². The molecule has 0 bridgehead atoms. The van der Waals surface area contributed by atoms with Gasteiger partial charge in [-0.1, -0.05) is 12.1 Å². The van der Waals surface area contributed by atoms with Crippen LogP contribution in [0.25, 0.3) is 0 Å². The van der Waals surface area contributed by atoms with Crippen molar-refractivity contribution in [3.8, 4) is 0 Å². The molecule has 0 saturated carbocycles. The van der Waals surface area contributed by atoms with Crippen molar-refractivity contribution in [1.29, 1.82) is 0 Å². The number of hydrogen-bond donors (Lipinski definition) is 2. The summed E-state index contributed by atoms with van der Waals surface area (Å²) >= 11 is 1.64. The number of rotatable bonds is 7. The van der Waals surface area contributed by atoms with Crippen molar-refractivity contribution in [2.24, 2.45) is 0 Å². The van der Waals surface area contributed by atoms with Crippen molar-refractivity contribution in [3.05, 3.63) is 46.7 Å². The third kappa shape index (κ3) is 5.04. The lowest BCUT2D eigenvalue weighted by Crippen LogP contribution is -2.36. The van der Waals surface area contributed by atoms with Crippen LogP contribution in [0.3, 0.4) is 0 Å². The Hall–Kier alpha value is -1.94. The van der Waals surface area contributed by atoms with Gasteiger partial charge in [-0.05, 0) is 43.7 Å². The van der Waals surface area contributed by atoms with Crippen LogP contribution in [0.4, 0.5) is 10.5 Å². The lowest BCUT2D eigenvalue weighted by Gasteiger charge is -2.23. The molecule has 2 rings (SSSR count). The molecule has 0 unspecified atom stereocenters. The number of sulfonamides is 1. The Bertz CT molecular complexity index is 833. The average Bonchev–Trinajstić information content (AvgIpc) is 3.09. The van der Waals surface area contributed by atoms with Gasteiger partial charge < -0.3 is 15.5 Å². The first-order chi connectivity index (χ1) is 12.2. The number of nitrogens with one attached hydrogen (secondary N) is 2. The predicted octanol–water partition coefficient (Wildman–Crippen LogP) is 2.42. The number of hydrogen-bond acceptors (Lipinski definition) is 5. The zero-order chi connectivity index (χ0) is 19.3. The first-order valence-electron chi connectivity index (χ1n) is 7.99. The zero-order valence-electron chi connectivity index (χ0n) is 15.3. The Morgan fingerprint density at radius 3 is 2.46 bits per heavy atom. The van der Waals surface area contributed by atoms with E-state index in [0.717, 1.165) is 9.18 Å². The fourth-order valence-corrected chi connectivity index (χ4v) is 4.20. The van der Waals surface area contributed by atoms with Crippen LogP contribution in [0.1, 0.15) is 10.9 Å². The first-order valence-corrected chi connectivity index (χ1v) is 10.3. The van der Waals surface area contributed by atoms with E-state index in [1.165, 1.54) is 26.2 Å². The minimum absolute atomic E-state index is 0.0706. The van der Waals surface area contributed by atoms with E-state index in [4.69, 9.17) is 0 Å². The first kappa shape index (κ1) is 20.4. The van der Waals surface area contributed by atoms with Gasteiger partial charge in [0.1, 0.15) is 0 Å². The number of thiophene rings is 1. The normalized spacial score (nSPS) is 13.0. The quantitative estimate of drug-likeness (QED) is 0.753. The van der Waals surface area contributed by atoms with Gasteiger partial charge in [-0.25, -0.2) is 17.5 Å². The van der Waals surface area contributed by atoms with E-state index in [1.807, 2.05) is 36.5 Å². The minimum Gasteiger partial charge on any atom is -0.336 e. The zero-order valence-corrected chi connectivity index (χ0v) is 16.9. The predicted molar refractivity (Wildman–Crippen MR) is 105 cm³/mol. The van der Waals surface area contributed by atoms with Gasteiger partial charge in [0.05, 0.1) is 10.9 Å². The molecule has 0 aliphatic carbocycles. The highest BCUT2D eigenvalue weighted by Crippen LogP contribution is 2.22. The van der Waals surface area contributed by atoms with E-state index in [9.17, 15) is 13.2 Å². The molecule has 7 nitrogen and oxygen atoms in total. The molecule has 1 heterocycles. The van der Waals surface area contributed by atoms with Crippen molar-refractivity contribution in [2.45, 2.75) is 10.9 Å². The van der Waals surface area contributed by atoms with Gasteiger partial charge in [-0.2, -0.15) is 0 Å². The molecule has 2 aromatic rings. The molecule has 26 heavy (non-hydrogen) atoms. The van der Waals surface area contributed by atoms with Gasteiger partial charge in [-0.15, -0.1) is 11.3 Å². The molecule has 1 atom stereocenters. The van der Waals surface area contributed by atoms with Gasteiger partial charge in [0.15, 0.2) is 0 Å². The smallest absolute Gasteiger partial charge is 0.319 e. The van der Waals surface area contributed by atoms with Gasteiger partial charge in [0.2, 0.25) is 10.0 Å². The Labute approximate surface area is 158 Å².